The zero-order chi connectivity index (χ0) is 14.5. The van der Waals surface area contributed by atoms with Crippen molar-refractivity contribution in [1.29, 1.82) is 0 Å². The largest absolute Gasteiger partial charge is 0.496 e. The van der Waals surface area contributed by atoms with Gasteiger partial charge in [-0.15, -0.1) is 0 Å². The van der Waals surface area contributed by atoms with Gasteiger partial charge in [0, 0.05) is 17.6 Å². The predicted octanol–water partition coefficient (Wildman–Crippen LogP) is 2.72. The Morgan fingerprint density at radius 2 is 1.90 bits per heavy atom. The molecule has 1 fully saturated rings. The summed E-state index contributed by atoms with van der Waals surface area (Å²) < 4.78 is 5.97. The molecule has 1 amide bonds. The molecule has 0 radical (unpaired) electrons. The van der Waals surface area contributed by atoms with Crippen molar-refractivity contribution in [1.82, 2.24) is 10.6 Å². The molecule has 0 heterocycles. The third-order valence-corrected chi connectivity index (χ3v) is 4.50. The predicted molar refractivity (Wildman–Crippen MR) is 83.3 cm³/mol. The fraction of sp³-hybridized carbons (Fsp3) is 0.533. The maximum atomic E-state index is 12.2. The number of methoxy groups -OCH3 is 1. The zero-order valence-electron chi connectivity index (χ0n) is 11.9. The van der Waals surface area contributed by atoms with E-state index in [1.807, 2.05) is 7.05 Å². The number of ether oxygens (including phenoxy) is 1. The smallest absolute Gasteiger partial charge is 0.251 e. The lowest BCUT2D eigenvalue weighted by Gasteiger charge is -2.28. The molecule has 0 aliphatic heterocycles. The molecule has 5 heteroatoms. The van der Waals surface area contributed by atoms with Crippen LogP contribution in [0.4, 0.5) is 0 Å². The molecule has 0 atom stereocenters. The van der Waals surface area contributed by atoms with Crippen LogP contribution in [-0.2, 0) is 0 Å². The molecular formula is C15H21BrN2O2. The second-order valence-corrected chi connectivity index (χ2v) is 6.01. The summed E-state index contributed by atoms with van der Waals surface area (Å²) in [5, 5.41) is 6.41. The van der Waals surface area contributed by atoms with E-state index < -0.39 is 0 Å². The van der Waals surface area contributed by atoms with Gasteiger partial charge in [0.25, 0.3) is 5.91 Å². The molecule has 2 rings (SSSR count). The van der Waals surface area contributed by atoms with Crippen molar-refractivity contribution in [2.75, 3.05) is 14.2 Å². The van der Waals surface area contributed by atoms with Crippen molar-refractivity contribution in [2.24, 2.45) is 0 Å². The molecule has 0 bridgehead atoms. The SMILES string of the molecule is CNC1CCC(NC(=O)c2ccc(OC)c(Br)c2)CC1. The first-order chi connectivity index (χ1) is 9.63. The van der Waals surface area contributed by atoms with Gasteiger partial charge >= 0.3 is 0 Å². The molecule has 1 aliphatic carbocycles. The minimum Gasteiger partial charge on any atom is -0.496 e. The number of rotatable bonds is 4. The minimum atomic E-state index is -0.0127. The van der Waals surface area contributed by atoms with Gasteiger partial charge in [-0.1, -0.05) is 0 Å². The van der Waals surface area contributed by atoms with Crippen molar-refractivity contribution in [3.8, 4) is 5.75 Å². The topological polar surface area (TPSA) is 50.4 Å². The number of halogens is 1. The second kappa shape index (κ2) is 7.09. The van der Waals surface area contributed by atoms with Gasteiger partial charge in [0.05, 0.1) is 11.6 Å². The maximum Gasteiger partial charge on any atom is 0.251 e. The normalized spacial score (nSPS) is 22.4. The molecule has 0 spiro atoms. The average Bonchev–Trinajstić information content (AvgIpc) is 2.48. The summed E-state index contributed by atoms with van der Waals surface area (Å²) in [5.41, 5.74) is 0.661. The van der Waals surface area contributed by atoms with E-state index in [0.29, 0.717) is 11.6 Å². The highest BCUT2D eigenvalue weighted by Gasteiger charge is 2.21. The Labute approximate surface area is 128 Å². The van der Waals surface area contributed by atoms with E-state index in [0.717, 1.165) is 35.9 Å². The van der Waals surface area contributed by atoms with Gasteiger partial charge in [-0.3, -0.25) is 4.79 Å². The highest BCUT2D eigenvalue weighted by Crippen LogP contribution is 2.26. The molecular weight excluding hydrogens is 320 g/mol. The van der Waals surface area contributed by atoms with Crippen molar-refractivity contribution < 1.29 is 9.53 Å². The molecule has 0 aromatic heterocycles. The number of benzene rings is 1. The highest BCUT2D eigenvalue weighted by molar-refractivity contribution is 9.10. The third-order valence-electron chi connectivity index (χ3n) is 3.88. The summed E-state index contributed by atoms with van der Waals surface area (Å²) in [5.74, 6) is 0.720. The first-order valence-electron chi connectivity index (χ1n) is 6.95. The van der Waals surface area contributed by atoms with Crippen LogP contribution < -0.4 is 15.4 Å². The number of amides is 1. The van der Waals surface area contributed by atoms with Crippen molar-refractivity contribution in [3.05, 3.63) is 28.2 Å². The molecule has 0 unspecified atom stereocenters. The van der Waals surface area contributed by atoms with E-state index in [4.69, 9.17) is 4.74 Å². The van der Waals surface area contributed by atoms with Crippen LogP contribution >= 0.6 is 15.9 Å². The Hall–Kier alpha value is -1.07. The lowest BCUT2D eigenvalue weighted by atomic mass is 9.91. The summed E-state index contributed by atoms with van der Waals surface area (Å²) in [6, 6.07) is 6.27. The van der Waals surface area contributed by atoms with Crippen molar-refractivity contribution in [3.63, 3.8) is 0 Å². The number of carbonyl (C=O) groups excluding carboxylic acids is 1. The molecule has 1 aromatic carbocycles. The van der Waals surface area contributed by atoms with Crippen LogP contribution in [0.25, 0.3) is 0 Å². The van der Waals surface area contributed by atoms with Crippen LogP contribution in [0.2, 0.25) is 0 Å². The van der Waals surface area contributed by atoms with Crippen LogP contribution in [-0.4, -0.2) is 32.1 Å². The zero-order valence-corrected chi connectivity index (χ0v) is 13.5. The van der Waals surface area contributed by atoms with Crippen molar-refractivity contribution >= 4 is 21.8 Å². The summed E-state index contributed by atoms with van der Waals surface area (Å²) in [4.78, 5) is 12.2. The Bertz CT molecular complexity index is 471. The Morgan fingerprint density at radius 3 is 2.45 bits per heavy atom. The first-order valence-corrected chi connectivity index (χ1v) is 7.75. The van der Waals surface area contributed by atoms with Gasteiger partial charge in [-0.05, 0) is 66.9 Å². The van der Waals surface area contributed by atoms with Crippen LogP contribution in [0.3, 0.4) is 0 Å². The molecule has 1 saturated carbocycles. The third kappa shape index (κ3) is 3.73. The fourth-order valence-corrected chi connectivity index (χ4v) is 3.14. The minimum absolute atomic E-state index is 0.0127. The summed E-state index contributed by atoms with van der Waals surface area (Å²) >= 11 is 3.40. The molecule has 2 N–H and O–H groups in total. The number of carbonyl (C=O) groups is 1. The molecule has 4 nitrogen and oxygen atoms in total. The lowest BCUT2D eigenvalue weighted by molar-refractivity contribution is 0.0924. The number of hydrogen-bond donors (Lipinski definition) is 2. The quantitative estimate of drug-likeness (QED) is 0.885. The summed E-state index contributed by atoms with van der Waals surface area (Å²) in [6.45, 7) is 0. The van der Waals surface area contributed by atoms with E-state index in [1.54, 1.807) is 25.3 Å². The van der Waals surface area contributed by atoms with Crippen LogP contribution in [0, 0.1) is 0 Å². The summed E-state index contributed by atoms with van der Waals surface area (Å²) in [7, 11) is 3.61. The Balaban J connectivity index is 1.93. The summed E-state index contributed by atoms with van der Waals surface area (Å²) in [6.07, 6.45) is 4.31. The first kappa shape index (κ1) is 15.3. The van der Waals surface area contributed by atoms with Gasteiger partial charge in [0.2, 0.25) is 0 Å². The van der Waals surface area contributed by atoms with E-state index in [2.05, 4.69) is 26.6 Å². The molecule has 1 aromatic rings. The highest BCUT2D eigenvalue weighted by atomic mass is 79.9. The van der Waals surface area contributed by atoms with E-state index in [1.165, 1.54) is 0 Å². The average molecular weight is 341 g/mol. The Morgan fingerprint density at radius 1 is 1.25 bits per heavy atom. The van der Waals surface area contributed by atoms with Gasteiger partial charge in [0.15, 0.2) is 0 Å². The number of hydrogen-bond acceptors (Lipinski definition) is 3. The standard InChI is InChI=1S/C15H21BrN2O2/c1-17-11-4-6-12(7-5-11)18-15(19)10-3-8-14(20-2)13(16)9-10/h3,8-9,11-12,17H,4-7H2,1-2H3,(H,18,19). The second-order valence-electron chi connectivity index (χ2n) is 5.16. The van der Waals surface area contributed by atoms with E-state index in [9.17, 15) is 4.79 Å². The van der Waals surface area contributed by atoms with Gasteiger partial charge in [-0.25, -0.2) is 0 Å². The van der Waals surface area contributed by atoms with Gasteiger partial charge in [0.1, 0.15) is 5.75 Å². The van der Waals surface area contributed by atoms with E-state index >= 15 is 0 Å². The van der Waals surface area contributed by atoms with Gasteiger partial charge in [-0.2, -0.15) is 0 Å². The maximum absolute atomic E-state index is 12.2. The lowest BCUT2D eigenvalue weighted by Crippen LogP contribution is -2.41. The van der Waals surface area contributed by atoms with Crippen molar-refractivity contribution in [2.45, 2.75) is 37.8 Å². The van der Waals surface area contributed by atoms with Gasteiger partial charge < -0.3 is 15.4 Å². The van der Waals surface area contributed by atoms with Crippen LogP contribution in [0.15, 0.2) is 22.7 Å². The monoisotopic (exact) mass is 340 g/mol. The Kier molecular flexibility index (Phi) is 5.43. The molecule has 0 saturated heterocycles. The molecule has 20 heavy (non-hydrogen) atoms. The molecule has 110 valence electrons. The number of nitrogens with one attached hydrogen (secondary N) is 2. The van der Waals surface area contributed by atoms with E-state index in [-0.39, 0.29) is 11.9 Å². The fourth-order valence-electron chi connectivity index (χ4n) is 2.60. The van der Waals surface area contributed by atoms with Crippen LogP contribution in [0.5, 0.6) is 5.75 Å². The molecule has 1 aliphatic rings. The van der Waals surface area contributed by atoms with Crippen LogP contribution in [0.1, 0.15) is 36.0 Å².